The number of aryl methyl sites for hydroxylation is 3. The summed E-state index contributed by atoms with van der Waals surface area (Å²) in [6, 6.07) is 4.85. The van der Waals surface area contributed by atoms with Crippen LogP contribution < -0.4 is 26.2 Å². The summed E-state index contributed by atoms with van der Waals surface area (Å²) in [7, 11) is 3.33. The number of nitrogens with zero attached hydrogens (tertiary/aromatic N) is 5. The quantitative estimate of drug-likeness (QED) is 0.0939. The fraction of sp³-hybridized carbons (Fsp3) is 0.448. The van der Waals surface area contributed by atoms with Crippen LogP contribution in [0.5, 0.6) is 5.75 Å². The van der Waals surface area contributed by atoms with E-state index in [9.17, 15) is 19.5 Å². The second-order valence-corrected chi connectivity index (χ2v) is 12.3. The number of rotatable bonds is 12. The molecule has 0 radical (unpaired) electrons. The number of hydroxylamine groups is 2. The molecule has 1 aromatic carbocycles. The average Bonchev–Trinajstić information content (AvgIpc) is 3.61. The molecule has 0 aliphatic carbocycles. The molecule has 3 aromatic rings. The first-order valence-electron chi connectivity index (χ1n) is 14.4. The molecule has 3 atom stereocenters. The molecule has 4 heterocycles. The predicted octanol–water partition coefficient (Wildman–Crippen LogP) is 0.602. The number of anilines is 1. The lowest BCUT2D eigenvalue weighted by atomic mass is 9.84. The van der Waals surface area contributed by atoms with E-state index in [0.29, 0.717) is 25.1 Å². The molecule has 15 nitrogen and oxygen atoms in total. The van der Waals surface area contributed by atoms with Gasteiger partial charge in [-0.05, 0) is 62.9 Å². The molecule has 5 rings (SSSR count). The lowest BCUT2D eigenvalue weighted by molar-refractivity contribution is -0.753. The van der Waals surface area contributed by atoms with Crippen LogP contribution in [0.2, 0.25) is 0 Å². The fourth-order valence-corrected chi connectivity index (χ4v) is 6.04. The van der Waals surface area contributed by atoms with E-state index in [-0.39, 0.29) is 16.5 Å². The van der Waals surface area contributed by atoms with Crippen LogP contribution >= 0.6 is 11.3 Å². The zero-order valence-corrected chi connectivity index (χ0v) is 26.2. The third kappa shape index (κ3) is 6.34. The van der Waals surface area contributed by atoms with Crippen molar-refractivity contribution in [1.82, 2.24) is 20.0 Å². The lowest BCUT2D eigenvalue weighted by Crippen LogP contribution is -2.76. The molecule has 16 heteroatoms. The number of carboxylic acids is 1. The maximum Gasteiger partial charge on any atom is 0.351 e. The molecule has 0 saturated carbocycles. The van der Waals surface area contributed by atoms with Crippen molar-refractivity contribution >= 4 is 40.0 Å². The van der Waals surface area contributed by atoms with Crippen molar-refractivity contribution in [3.63, 3.8) is 0 Å². The topological polar surface area (TPSA) is 200 Å². The number of carbonyl (C=O) groups is 3. The summed E-state index contributed by atoms with van der Waals surface area (Å²) in [4.78, 5) is 52.9. The summed E-state index contributed by atoms with van der Waals surface area (Å²) in [5, 5.41) is 19.4. The minimum absolute atomic E-state index is 0.0695. The van der Waals surface area contributed by atoms with Crippen molar-refractivity contribution < 1.29 is 38.6 Å². The number of amides is 2. The molecule has 2 aliphatic rings. The largest absolute Gasteiger partial charge is 0.485 e. The summed E-state index contributed by atoms with van der Waals surface area (Å²) in [5.74, 6) is -2.02. The first-order valence-corrected chi connectivity index (χ1v) is 15.3. The first kappa shape index (κ1) is 31.9. The highest BCUT2D eigenvalue weighted by atomic mass is 32.1. The van der Waals surface area contributed by atoms with E-state index in [1.807, 2.05) is 36.1 Å². The van der Waals surface area contributed by atoms with Gasteiger partial charge in [-0.15, -0.1) is 16.0 Å². The standard InChI is InChI=1S/C29H36N8O7S/c1-29(2)24(26(39)37(29)42-4)33-25(38)22(19-15-45-28(31)32-19)34-44-23(27(40)41)21-9-7-17-12-16(6-8-20(17)43-21)18-13-35(3)36(14-18)11-5-10-30/h6,8,12-15,21,23-24H,5,7,9-11,30H2,1-4H3,(H3-,31,32,33,38,40,41)/p+1/b34-22-/t21?,23-,24?/m1/s1. The molecule has 45 heavy (non-hydrogen) atoms. The van der Waals surface area contributed by atoms with Gasteiger partial charge >= 0.3 is 5.97 Å². The molecule has 6 N–H and O–H groups in total. The summed E-state index contributed by atoms with van der Waals surface area (Å²) < 4.78 is 10.2. The van der Waals surface area contributed by atoms with Crippen molar-refractivity contribution in [2.24, 2.45) is 17.9 Å². The number of carboxylic acid groups (broad SMARTS) is 1. The summed E-state index contributed by atoms with van der Waals surface area (Å²) in [5.41, 5.74) is 13.3. The van der Waals surface area contributed by atoms with Gasteiger partial charge < -0.3 is 31.5 Å². The second-order valence-electron chi connectivity index (χ2n) is 11.4. The van der Waals surface area contributed by atoms with Crippen LogP contribution in [0.15, 0.2) is 41.1 Å². The molecule has 2 aromatic heterocycles. The van der Waals surface area contributed by atoms with Crippen molar-refractivity contribution in [3.8, 4) is 16.9 Å². The van der Waals surface area contributed by atoms with Gasteiger partial charge in [0.15, 0.2) is 17.9 Å². The summed E-state index contributed by atoms with van der Waals surface area (Å²) >= 11 is 1.07. The van der Waals surface area contributed by atoms with Gasteiger partial charge in [-0.3, -0.25) is 14.4 Å². The molecule has 1 fully saturated rings. The number of hydrogen-bond acceptors (Lipinski definition) is 11. The number of carbonyl (C=O) groups excluding carboxylic acids is 2. The normalized spacial score (nSPS) is 19.7. The molecular weight excluding hydrogens is 604 g/mol. The highest BCUT2D eigenvalue weighted by Gasteiger charge is 2.56. The Morgan fingerprint density at radius 1 is 1.36 bits per heavy atom. The number of ether oxygens (including phenoxy) is 1. The van der Waals surface area contributed by atoms with Gasteiger partial charge in [0.05, 0.1) is 31.0 Å². The van der Waals surface area contributed by atoms with Crippen LogP contribution in [0.4, 0.5) is 5.13 Å². The maximum absolute atomic E-state index is 13.3. The Balaban J connectivity index is 1.33. The van der Waals surface area contributed by atoms with E-state index >= 15 is 0 Å². The smallest absolute Gasteiger partial charge is 0.351 e. The second kappa shape index (κ2) is 12.8. The van der Waals surface area contributed by atoms with Gasteiger partial charge in [-0.1, -0.05) is 11.2 Å². The number of aromatic nitrogens is 3. The molecule has 2 amide bonds. The number of benzene rings is 1. The van der Waals surface area contributed by atoms with Crippen LogP contribution in [0, 0.1) is 0 Å². The molecule has 2 unspecified atom stereocenters. The predicted molar refractivity (Wildman–Crippen MR) is 163 cm³/mol. The summed E-state index contributed by atoms with van der Waals surface area (Å²) in [6.45, 7) is 4.86. The van der Waals surface area contributed by atoms with Crippen LogP contribution in [-0.2, 0) is 44.1 Å². The number of nitrogens with two attached hydrogens (primary N) is 2. The van der Waals surface area contributed by atoms with E-state index in [2.05, 4.69) is 26.3 Å². The van der Waals surface area contributed by atoms with Crippen molar-refractivity contribution in [1.29, 1.82) is 0 Å². The van der Waals surface area contributed by atoms with Gasteiger partial charge in [-0.25, -0.2) is 14.8 Å². The number of nitrogens with one attached hydrogen (secondary N) is 1. The van der Waals surface area contributed by atoms with E-state index in [1.54, 1.807) is 13.8 Å². The van der Waals surface area contributed by atoms with Crippen LogP contribution in [0.1, 0.15) is 37.9 Å². The number of β-lactam (4-membered cyclic amide) rings is 1. The molecule has 0 bridgehead atoms. The lowest BCUT2D eigenvalue weighted by Gasteiger charge is -2.51. The fourth-order valence-electron chi connectivity index (χ4n) is 5.49. The van der Waals surface area contributed by atoms with Crippen LogP contribution in [0.25, 0.3) is 11.1 Å². The number of hydrogen-bond donors (Lipinski definition) is 4. The number of aliphatic carboxylic acids is 1. The average molecular weight is 642 g/mol. The Bertz CT molecular complexity index is 1630. The number of nitrogen functional groups attached to an aromatic ring is 1. The molecule has 2 aliphatic heterocycles. The highest BCUT2D eigenvalue weighted by molar-refractivity contribution is 7.13. The van der Waals surface area contributed by atoms with Crippen LogP contribution in [-0.4, -0.2) is 80.8 Å². The van der Waals surface area contributed by atoms with E-state index in [1.165, 1.54) is 12.5 Å². The zero-order valence-electron chi connectivity index (χ0n) is 25.4. The molecular formula is C29H37N8O7S+. The SMILES string of the molecule is CON1C(=O)C(NC(=O)/C(=N\O[C@@H](C(=O)O)C2CCc3cc(-c4cn(CCCN)[n+](C)c4)ccc3O2)c2csc(N)n2)C1(C)C. The Morgan fingerprint density at radius 2 is 2.13 bits per heavy atom. The minimum atomic E-state index is -1.54. The molecule has 1 saturated heterocycles. The molecule has 240 valence electrons. The van der Waals surface area contributed by atoms with E-state index in [4.69, 9.17) is 25.9 Å². The summed E-state index contributed by atoms with van der Waals surface area (Å²) in [6.07, 6.45) is 3.40. The highest BCUT2D eigenvalue weighted by Crippen LogP contribution is 2.34. The number of oxime groups is 1. The van der Waals surface area contributed by atoms with Crippen molar-refractivity contribution in [2.45, 2.75) is 63.4 Å². The number of fused-ring (bicyclic) bond motifs is 1. The van der Waals surface area contributed by atoms with Crippen LogP contribution in [0.3, 0.4) is 0 Å². The van der Waals surface area contributed by atoms with Gasteiger partial charge in [0.25, 0.3) is 17.9 Å². The van der Waals surface area contributed by atoms with E-state index < -0.39 is 41.6 Å². The maximum atomic E-state index is 13.3. The third-order valence-corrected chi connectivity index (χ3v) is 8.61. The zero-order chi connectivity index (χ0) is 32.5. The van der Waals surface area contributed by atoms with Gasteiger partial charge in [0.1, 0.15) is 23.6 Å². The minimum Gasteiger partial charge on any atom is -0.485 e. The Morgan fingerprint density at radius 3 is 2.78 bits per heavy atom. The third-order valence-electron chi connectivity index (χ3n) is 7.93. The van der Waals surface area contributed by atoms with Crippen molar-refractivity contribution in [2.75, 3.05) is 19.4 Å². The van der Waals surface area contributed by atoms with E-state index in [0.717, 1.165) is 46.1 Å². The first-order chi connectivity index (χ1) is 21.4. The monoisotopic (exact) mass is 641 g/mol. The number of thiazole rings is 1. The van der Waals surface area contributed by atoms with Gasteiger partial charge in [0, 0.05) is 5.38 Å². The molecule has 0 spiro atoms. The Labute approximate surface area is 263 Å². The van der Waals surface area contributed by atoms with Gasteiger partial charge in [-0.2, -0.15) is 4.68 Å². The van der Waals surface area contributed by atoms with Crippen molar-refractivity contribution in [3.05, 3.63) is 47.2 Å². The van der Waals surface area contributed by atoms with Gasteiger partial charge in [0.2, 0.25) is 6.20 Å². The Kier molecular flexibility index (Phi) is 9.08. The Hall–Kier alpha value is -4.54.